The maximum atomic E-state index is 11.6. The van der Waals surface area contributed by atoms with Gasteiger partial charge in [0.25, 0.3) is 0 Å². The molecule has 18 heavy (non-hydrogen) atoms. The van der Waals surface area contributed by atoms with Crippen molar-refractivity contribution in [2.45, 2.75) is 32.7 Å². The van der Waals surface area contributed by atoms with Gasteiger partial charge in [-0.05, 0) is 20.3 Å². The molecule has 0 spiro atoms. The lowest BCUT2D eigenvalue weighted by Gasteiger charge is -2.24. The topological polar surface area (TPSA) is 104 Å². The van der Waals surface area contributed by atoms with Crippen LogP contribution in [-0.4, -0.2) is 34.2 Å². The minimum absolute atomic E-state index is 0.109. The summed E-state index contributed by atoms with van der Waals surface area (Å²) in [6, 6.07) is 1.58. The van der Waals surface area contributed by atoms with Gasteiger partial charge in [-0.2, -0.15) is 0 Å². The van der Waals surface area contributed by atoms with Gasteiger partial charge in [-0.3, -0.25) is 14.9 Å². The third-order valence-electron chi connectivity index (χ3n) is 2.71. The Labute approximate surface area is 105 Å². The number of amides is 1. The molecule has 0 bridgehead atoms. The Bertz CT molecular complexity index is 443. The normalized spacial score (nSPS) is 13.9. The van der Waals surface area contributed by atoms with Crippen LogP contribution in [0.4, 0.5) is 5.82 Å². The number of hydrogen-bond acceptors (Lipinski definition) is 5. The second-order valence-corrected chi connectivity index (χ2v) is 4.22. The molecule has 0 aliphatic carbocycles. The fraction of sp³-hybridized carbons (Fsp3) is 0.545. The van der Waals surface area contributed by atoms with Gasteiger partial charge in [-0.15, -0.1) is 0 Å². The Morgan fingerprint density at radius 1 is 1.56 bits per heavy atom. The lowest BCUT2D eigenvalue weighted by atomic mass is 9.99. The van der Waals surface area contributed by atoms with Crippen molar-refractivity contribution in [2.75, 3.05) is 11.9 Å². The van der Waals surface area contributed by atoms with Gasteiger partial charge in [-0.1, -0.05) is 12.1 Å². The van der Waals surface area contributed by atoms with E-state index < -0.39 is 11.5 Å². The number of carboxylic acid groups (broad SMARTS) is 1. The zero-order chi connectivity index (χ0) is 13.8. The maximum Gasteiger partial charge on any atom is 0.323 e. The molecule has 1 aromatic rings. The van der Waals surface area contributed by atoms with Crippen LogP contribution in [0.1, 0.15) is 26.0 Å². The van der Waals surface area contributed by atoms with Crippen LogP contribution in [0.25, 0.3) is 0 Å². The van der Waals surface area contributed by atoms with Crippen LogP contribution in [-0.2, 0) is 9.59 Å². The van der Waals surface area contributed by atoms with Gasteiger partial charge < -0.3 is 14.9 Å². The van der Waals surface area contributed by atoms with Crippen molar-refractivity contribution < 1.29 is 19.2 Å². The first-order valence-corrected chi connectivity index (χ1v) is 5.59. The van der Waals surface area contributed by atoms with Gasteiger partial charge in [0.1, 0.15) is 11.3 Å². The molecule has 3 N–H and O–H groups in total. The standard InChI is InChI=1S/C11H17N3O4/c1-4-11(3,10(16)17)12-6-9(15)13-8-5-7(2)18-14-8/h5,12H,4,6H2,1-3H3,(H,16,17)(H,13,14,15). The van der Waals surface area contributed by atoms with Crippen LogP contribution in [0.3, 0.4) is 0 Å². The van der Waals surface area contributed by atoms with Crippen molar-refractivity contribution in [1.29, 1.82) is 0 Å². The van der Waals surface area contributed by atoms with Crippen LogP contribution in [0.5, 0.6) is 0 Å². The highest BCUT2D eigenvalue weighted by Gasteiger charge is 2.30. The molecule has 0 fully saturated rings. The average Bonchev–Trinajstić information content (AvgIpc) is 2.71. The highest BCUT2D eigenvalue weighted by Crippen LogP contribution is 2.09. The zero-order valence-corrected chi connectivity index (χ0v) is 10.6. The van der Waals surface area contributed by atoms with Crippen molar-refractivity contribution in [2.24, 2.45) is 0 Å². The second-order valence-electron chi connectivity index (χ2n) is 4.22. The molecule has 0 aliphatic heterocycles. The molecule has 0 aliphatic rings. The summed E-state index contributed by atoms with van der Waals surface area (Å²) in [5, 5.41) is 17.8. The predicted molar refractivity (Wildman–Crippen MR) is 64.2 cm³/mol. The molecule has 0 saturated carbocycles. The molecule has 7 nitrogen and oxygen atoms in total. The summed E-state index contributed by atoms with van der Waals surface area (Å²) in [5.41, 5.74) is -1.11. The third kappa shape index (κ3) is 3.56. The van der Waals surface area contributed by atoms with E-state index in [1.54, 1.807) is 19.9 Å². The third-order valence-corrected chi connectivity index (χ3v) is 2.71. The summed E-state index contributed by atoms with van der Waals surface area (Å²) < 4.78 is 4.79. The van der Waals surface area contributed by atoms with Gasteiger partial charge in [0.2, 0.25) is 5.91 Å². The molecule has 1 rings (SSSR count). The highest BCUT2D eigenvalue weighted by molar-refractivity contribution is 5.92. The molecule has 0 saturated heterocycles. The molecule has 1 aromatic heterocycles. The average molecular weight is 255 g/mol. The number of carboxylic acids is 1. The van der Waals surface area contributed by atoms with Crippen molar-refractivity contribution in [1.82, 2.24) is 10.5 Å². The number of nitrogens with zero attached hydrogens (tertiary/aromatic N) is 1. The van der Waals surface area contributed by atoms with Gasteiger partial charge in [0.15, 0.2) is 5.82 Å². The van der Waals surface area contributed by atoms with Crippen molar-refractivity contribution in [3.63, 3.8) is 0 Å². The van der Waals surface area contributed by atoms with Gasteiger partial charge in [0, 0.05) is 6.07 Å². The molecular weight excluding hydrogens is 238 g/mol. The highest BCUT2D eigenvalue weighted by atomic mass is 16.5. The molecule has 1 amide bonds. The van der Waals surface area contributed by atoms with Crippen molar-refractivity contribution >= 4 is 17.7 Å². The van der Waals surface area contributed by atoms with E-state index in [9.17, 15) is 9.59 Å². The Balaban J connectivity index is 2.48. The van der Waals surface area contributed by atoms with Crippen LogP contribution in [0.15, 0.2) is 10.6 Å². The quantitative estimate of drug-likeness (QED) is 0.693. The lowest BCUT2D eigenvalue weighted by molar-refractivity contribution is -0.144. The van der Waals surface area contributed by atoms with Crippen LogP contribution in [0, 0.1) is 6.92 Å². The molecule has 0 aromatic carbocycles. The Hall–Kier alpha value is -1.89. The fourth-order valence-electron chi connectivity index (χ4n) is 1.24. The number of aliphatic carboxylic acids is 1. The summed E-state index contributed by atoms with van der Waals surface area (Å²) >= 11 is 0. The fourth-order valence-corrected chi connectivity index (χ4v) is 1.24. The number of anilines is 1. The van der Waals surface area contributed by atoms with E-state index in [1.807, 2.05) is 0 Å². The number of carbonyl (C=O) groups is 2. The van der Waals surface area contributed by atoms with Crippen molar-refractivity contribution in [3.8, 4) is 0 Å². The summed E-state index contributed by atoms with van der Waals surface area (Å²) in [6.45, 7) is 4.87. The molecular formula is C11H17N3O4. The van der Waals surface area contributed by atoms with Crippen LogP contribution < -0.4 is 10.6 Å². The van der Waals surface area contributed by atoms with Gasteiger partial charge in [-0.25, -0.2) is 0 Å². The SMILES string of the molecule is CCC(C)(NCC(=O)Nc1cc(C)on1)C(=O)O. The molecule has 1 unspecified atom stereocenters. The summed E-state index contributed by atoms with van der Waals surface area (Å²) in [4.78, 5) is 22.6. The van der Waals surface area contributed by atoms with E-state index >= 15 is 0 Å². The Morgan fingerprint density at radius 2 is 2.22 bits per heavy atom. The number of carbonyl (C=O) groups excluding carboxylic acids is 1. The smallest absolute Gasteiger partial charge is 0.323 e. The van der Waals surface area contributed by atoms with E-state index in [-0.39, 0.29) is 12.5 Å². The number of hydrogen-bond donors (Lipinski definition) is 3. The van der Waals surface area contributed by atoms with E-state index in [2.05, 4.69) is 15.8 Å². The number of nitrogens with one attached hydrogen (secondary N) is 2. The molecule has 7 heteroatoms. The monoisotopic (exact) mass is 255 g/mol. The van der Waals surface area contributed by atoms with E-state index in [0.717, 1.165) is 0 Å². The minimum Gasteiger partial charge on any atom is -0.480 e. The summed E-state index contributed by atoms with van der Waals surface area (Å²) in [7, 11) is 0. The molecule has 100 valence electrons. The minimum atomic E-state index is -1.11. The lowest BCUT2D eigenvalue weighted by Crippen LogP contribution is -2.51. The number of aryl methyl sites for hydroxylation is 1. The van der Waals surface area contributed by atoms with Gasteiger partial charge in [0.05, 0.1) is 6.54 Å². The number of rotatable bonds is 6. The first kappa shape index (κ1) is 14.2. The second kappa shape index (κ2) is 5.63. The summed E-state index contributed by atoms with van der Waals surface area (Å²) in [5.74, 6) is -0.464. The first-order chi connectivity index (χ1) is 8.37. The Kier molecular flexibility index (Phi) is 4.43. The van der Waals surface area contributed by atoms with E-state index in [0.29, 0.717) is 18.0 Å². The first-order valence-electron chi connectivity index (χ1n) is 5.59. The van der Waals surface area contributed by atoms with Crippen LogP contribution >= 0.6 is 0 Å². The van der Waals surface area contributed by atoms with Gasteiger partial charge >= 0.3 is 5.97 Å². The molecule has 1 atom stereocenters. The Morgan fingerprint density at radius 3 is 2.67 bits per heavy atom. The molecule has 1 heterocycles. The zero-order valence-electron chi connectivity index (χ0n) is 10.6. The predicted octanol–water partition coefficient (Wildman–Crippen LogP) is 0.764. The largest absolute Gasteiger partial charge is 0.480 e. The van der Waals surface area contributed by atoms with E-state index in [1.165, 1.54) is 6.92 Å². The van der Waals surface area contributed by atoms with Crippen LogP contribution in [0.2, 0.25) is 0 Å². The summed E-state index contributed by atoms with van der Waals surface area (Å²) in [6.07, 6.45) is 0.374. The molecule has 0 radical (unpaired) electrons. The number of aromatic nitrogens is 1. The maximum absolute atomic E-state index is 11.6. The van der Waals surface area contributed by atoms with Crippen molar-refractivity contribution in [3.05, 3.63) is 11.8 Å². The van der Waals surface area contributed by atoms with E-state index in [4.69, 9.17) is 9.63 Å².